The van der Waals surface area contributed by atoms with Gasteiger partial charge in [-0.3, -0.25) is 9.69 Å². The van der Waals surface area contributed by atoms with Gasteiger partial charge >= 0.3 is 24.3 Å². The highest BCUT2D eigenvalue weighted by molar-refractivity contribution is 5.91. The van der Waals surface area contributed by atoms with Crippen LogP contribution in [0.2, 0.25) is 0 Å². The van der Waals surface area contributed by atoms with Crippen LogP contribution in [0.25, 0.3) is 0 Å². The summed E-state index contributed by atoms with van der Waals surface area (Å²) in [5.74, 6) is -0.983. The minimum absolute atomic E-state index is 0.0907. The van der Waals surface area contributed by atoms with E-state index in [0.29, 0.717) is 0 Å². The summed E-state index contributed by atoms with van der Waals surface area (Å²) in [6.45, 7) is 0.287. The van der Waals surface area contributed by atoms with Gasteiger partial charge in [-0.15, -0.1) is 0 Å². The number of methoxy groups -OCH3 is 1. The quantitative estimate of drug-likeness (QED) is 0.570. The molecular weight excluding hydrogens is 483 g/mol. The van der Waals surface area contributed by atoms with Gasteiger partial charge in [-0.2, -0.15) is 13.2 Å². The van der Waals surface area contributed by atoms with Crippen molar-refractivity contribution >= 4 is 29.6 Å². The zero-order chi connectivity index (χ0) is 26.3. The number of esters is 1. The highest BCUT2D eigenvalue weighted by Crippen LogP contribution is 2.38. The van der Waals surface area contributed by atoms with E-state index in [9.17, 15) is 27.6 Å². The molecule has 0 spiro atoms. The Hall–Kier alpha value is -4.03. The molecule has 2 N–H and O–H groups in total. The molecule has 1 fully saturated rings. The number of halogens is 3. The number of ether oxygens (including phenoxy) is 2. The van der Waals surface area contributed by atoms with E-state index in [1.807, 2.05) is 30.3 Å². The first kappa shape index (κ1) is 26.6. The van der Waals surface area contributed by atoms with E-state index < -0.39 is 29.8 Å². The SMILES string of the molecule is COC(=O)CCN(C(N)=O)c1cnc(N2CCN(C(=O)OCc3ccccc3)CC2)c(C(F)(F)F)c1. The number of aromatic nitrogens is 1. The fraction of sp³-hybridized carbons (Fsp3) is 0.391. The molecule has 10 nitrogen and oxygen atoms in total. The molecule has 2 aromatic rings. The molecule has 0 aliphatic carbocycles. The van der Waals surface area contributed by atoms with Crippen molar-refractivity contribution in [3.8, 4) is 0 Å². The van der Waals surface area contributed by atoms with Crippen molar-refractivity contribution < 1.29 is 37.0 Å². The van der Waals surface area contributed by atoms with Gasteiger partial charge in [0.1, 0.15) is 18.0 Å². The molecular formula is C23H26F3N5O5. The molecule has 36 heavy (non-hydrogen) atoms. The fourth-order valence-corrected chi connectivity index (χ4v) is 3.64. The largest absolute Gasteiger partial charge is 0.469 e. The average Bonchev–Trinajstić information content (AvgIpc) is 2.87. The highest BCUT2D eigenvalue weighted by atomic mass is 19.4. The molecule has 13 heteroatoms. The third-order valence-corrected chi connectivity index (χ3v) is 5.55. The van der Waals surface area contributed by atoms with Crippen LogP contribution in [0, 0.1) is 0 Å². The van der Waals surface area contributed by atoms with Gasteiger partial charge in [0.15, 0.2) is 0 Å². The number of amides is 3. The smallest absolute Gasteiger partial charge is 0.420 e. The van der Waals surface area contributed by atoms with E-state index in [4.69, 9.17) is 10.5 Å². The van der Waals surface area contributed by atoms with E-state index in [2.05, 4.69) is 9.72 Å². The second-order valence-corrected chi connectivity index (χ2v) is 7.89. The second kappa shape index (κ2) is 11.6. The summed E-state index contributed by atoms with van der Waals surface area (Å²) in [5.41, 5.74) is 4.86. The molecule has 1 aromatic carbocycles. The normalized spacial score (nSPS) is 13.8. The number of benzene rings is 1. The number of pyridine rings is 1. The van der Waals surface area contributed by atoms with Gasteiger partial charge < -0.3 is 25.0 Å². The number of carbonyl (C=O) groups excluding carboxylic acids is 3. The first-order chi connectivity index (χ1) is 17.1. The summed E-state index contributed by atoms with van der Waals surface area (Å²) in [6, 6.07) is 8.84. The van der Waals surface area contributed by atoms with Gasteiger partial charge in [0.2, 0.25) is 0 Å². The summed E-state index contributed by atoms with van der Waals surface area (Å²) in [4.78, 5) is 43.2. The molecule has 1 aromatic heterocycles. The maximum Gasteiger partial charge on any atom is 0.420 e. The Morgan fingerprint density at radius 1 is 1.11 bits per heavy atom. The first-order valence-corrected chi connectivity index (χ1v) is 11.0. The van der Waals surface area contributed by atoms with Crippen molar-refractivity contribution in [2.45, 2.75) is 19.2 Å². The van der Waals surface area contributed by atoms with E-state index in [0.717, 1.165) is 29.8 Å². The summed E-state index contributed by atoms with van der Waals surface area (Å²) in [7, 11) is 1.15. The highest BCUT2D eigenvalue weighted by Gasteiger charge is 2.38. The van der Waals surface area contributed by atoms with Crippen LogP contribution in [-0.2, 0) is 27.1 Å². The van der Waals surface area contributed by atoms with E-state index in [1.165, 1.54) is 9.80 Å². The zero-order valence-electron chi connectivity index (χ0n) is 19.5. The van der Waals surface area contributed by atoms with Crippen molar-refractivity contribution in [3.63, 3.8) is 0 Å². The van der Waals surface area contributed by atoms with Crippen LogP contribution in [-0.4, -0.2) is 67.8 Å². The molecule has 3 amide bonds. The third kappa shape index (κ3) is 6.77. The first-order valence-electron chi connectivity index (χ1n) is 11.0. The number of primary amides is 1. The topological polar surface area (TPSA) is 118 Å². The van der Waals surface area contributed by atoms with Gasteiger partial charge in [-0.1, -0.05) is 30.3 Å². The maximum atomic E-state index is 13.9. The average molecular weight is 509 g/mol. The molecule has 194 valence electrons. The molecule has 2 heterocycles. The van der Waals surface area contributed by atoms with Crippen LogP contribution in [0.15, 0.2) is 42.6 Å². The van der Waals surface area contributed by atoms with Crippen LogP contribution in [0.5, 0.6) is 0 Å². The number of carbonyl (C=O) groups is 3. The van der Waals surface area contributed by atoms with Crippen LogP contribution in [0.1, 0.15) is 17.5 Å². The molecule has 1 aliphatic rings. The Labute approximate surface area is 205 Å². The van der Waals surface area contributed by atoms with Crippen molar-refractivity contribution in [3.05, 3.63) is 53.7 Å². The number of rotatable bonds is 7. The van der Waals surface area contributed by atoms with Gasteiger partial charge in [0, 0.05) is 32.7 Å². The van der Waals surface area contributed by atoms with Gasteiger partial charge in [0.25, 0.3) is 0 Å². The Bertz CT molecular complexity index is 1080. The van der Waals surface area contributed by atoms with Crippen molar-refractivity contribution in [1.82, 2.24) is 9.88 Å². The number of anilines is 2. The van der Waals surface area contributed by atoms with E-state index in [-0.39, 0.29) is 57.3 Å². The molecule has 0 bridgehead atoms. The summed E-state index contributed by atoms with van der Waals surface area (Å²) >= 11 is 0. The van der Waals surface area contributed by atoms with Crippen LogP contribution in [0.3, 0.4) is 0 Å². The predicted molar refractivity (Wildman–Crippen MR) is 123 cm³/mol. The molecule has 0 unspecified atom stereocenters. The van der Waals surface area contributed by atoms with Crippen LogP contribution >= 0.6 is 0 Å². The summed E-state index contributed by atoms with van der Waals surface area (Å²) in [5, 5.41) is 0. The van der Waals surface area contributed by atoms with Crippen molar-refractivity contribution in [2.24, 2.45) is 5.73 Å². The van der Waals surface area contributed by atoms with Crippen LogP contribution in [0.4, 0.5) is 34.3 Å². The van der Waals surface area contributed by atoms with Gasteiger partial charge in [0.05, 0.1) is 25.4 Å². The lowest BCUT2D eigenvalue weighted by Crippen LogP contribution is -2.49. The fourth-order valence-electron chi connectivity index (χ4n) is 3.64. The lowest BCUT2D eigenvalue weighted by molar-refractivity contribution is -0.140. The van der Waals surface area contributed by atoms with Crippen molar-refractivity contribution in [1.29, 1.82) is 0 Å². The molecule has 1 saturated heterocycles. The predicted octanol–water partition coefficient (Wildman–Crippen LogP) is 3.01. The minimum atomic E-state index is -4.78. The van der Waals surface area contributed by atoms with Gasteiger partial charge in [-0.25, -0.2) is 14.6 Å². The third-order valence-electron chi connectivity index (χ3n) is 5.55. The molecule has 0 saturated carbocycles. The van der Waals surface area contributed by atoms with Crippen LogP contribution < -0.4 is 15.5 Å². The van der Waals surface area contributed by atoms with Gasteiger partial charge in [-0.05, 0) is 11.6 Å². The number of urea groups is 1. The Morgan fingerprint density at radius 2 is 1.78 bits per heavy atom. The van der Waals surface area contributed by atoms with E-state index in [1.54, 1.807) is 0 Å². The summed E-state index contributed by atoms with van der Waals surface area (Å²) in [6.07, 6.45) is -4.51. The maximum absolute atomic E-state index is 13.9. The lowest BCUT2D eigenvalue weighted by Gasteiger charge is -2.36. The lowest BCUT2D eigenvalue weighted by atomic mass is 10.2. The Kier molecular flexibility index (Phi) is 8.56. The number of hydrogen-bond acceptors (Lipinski definition) is 7. The standard InChI is InChI=1S/C23H26F3N5O5/c1-35-19(32)7-8-31(21(27)33)17-13-18(23(24,25)26)20(28-14-17)29-9-11-30(12-10-29)22(34)36-15-16-5-3-2-4-6-16/h2-6,13-14H,7-12,15H2,1H3,(H2,27,33). The monoisotopic (exact) mass is 509 g/mol. The number of piperazine rings is 1. The van der Waals surface area contributed by atoms with Crippen molar-refractivity contribution in [2.75, 3.05) is 49.6 Å². The number of hydrogen-bond donors (Lipinski definition) is 1. The van der Waals surface area contributed by atoms with E-state index >= 15 is 0 Å². The number of nitrogens with two attached hydrogens (primary N) is 1. The zero-order valence-corrected chi connectivity index (χ0v) is 19.5. The molecule has 0 radical (unpaired) electrons. The Balaban J connectivity index is 1.70. The number of alkyl halides is 3. The molecule has 1 aliphatic heterocycles. The summed E-state index contributed by atoms with van der Waals surface area (Å²) < 4.78 is 51.6. The number of nitrogens with zero attached hydrogens (tertiary/aromatic N) is 4. The second-order valence-electron chi connectivity index (χ2n) is 7.89. The molecule has 0 atom stereocenters. The minimum Gasteiger partial charge on any atom is -0.469 e. The molecule has 3 rings (SSSR count). The Morgan fingerprint density at radius 3 is 2.36 bits per heavy atom.